The van der Waals surface area contributed by atoms with E-state index in [1.54, 1.807) is 25.3 Å². The number of methoxy groups -OCH3 is 1. The predicted molar refractivity (Wildman–Crippen MR) is 187 cm³/mol. The molecular weight excluding hydrogens is 647 g/mol. The summed E-state index contributed by atoms with van der Waals surface area (Å²) in [5.74, 6) is 1.94. The van der Waals surface area contributed by atoms with Crippen molar-refractivity contribution >= 4 is 116 Å². The van der Waals surface area contributed by atoms with Crippen LogP contribution in [-0.2, 0) is 0 Å². The quantitative estimate of drug-likeness (QED) is 0.245. The van der Waals surface area contributed by atoms with E-state index < -0.39 is 16.5 Å². The van der Waals surface area contributed by atoms with Gasteiger partial charge in [-0.1, -0.05) is 68.6 Å². The average molecular weight is 691 g/mol. The van der Waals surface area contributed by atoms with E-state index in [0.717, 1.165) is 31.3 Å². The maximum atomic E-state index is 6.41. The van der Waals surface area contributed by atoms with Crippen LogP contribution in [0, 0.1) is 0 Å². The Morgan fingerprint density at radius 2 is 1.49 bits per heavy atom. The van der Waals surface area contributed by atoms with Crippen molar-refractivity contribution in [3.63, 3.8) is 0 Å². The molecule has 225 valence electrons. The molecule has 7 nitrogen and oxygen atoms in total. The van der Waals surface area contributed by atoms with E-state index in [-0.39, 0.29) is 60.5 Å². The van der Waals surface area contributed by atoms with Crippen LogP contribution < -0.4 is 19.4 Å². The molecule has 1 radical (unpaired) electrons. The normalized spacial score (nSPS) is 14.0. The molecule has 1 fully saturated rings. The molecule has 2 N–H and O–H groups in total. The Hall–Kier alpha value is -0.306. The van der Waals surface area contributed by atoms with Gasteiger partial charge in [0.1, 0.15) is 46.2 Å². The van der Waals surface area contributed by atoms with Gasteiger partial charge in [0.05, 0.1) is 33.7 Å². The fourth-order valence-corrected chi connectivity index (χ4v) is 14.1. The fraction of sp³-hybridized carbons (Fsp3) is 0.481. The van der Waals surface area contributed by atoms with Gasteiger partial charge < -0.3 is 24.3 Å². The number of rotatable bonds is 7. The molecule has 0 saturated carbocycles. The van der Waals surface area contributed by atoms with Crippen LogP contribution in [-0.4, -0.2) is 94.2 Å². The zero-order valence-electron chi connectivity index (χ0n) is 25.6. The first kappa shape index (κ1) is 40.7. The molecule has 2 heterocycles. The number of benzene rings is 2. The molecule has 0 aliphatic carbocycles. The maximum Gasteiger partial charge on any atom is 0.145 e. The van der Waals surface area contributed by atoms with Crippen LogP contribution in [0.15, 0.2) is 36.7 Å². The molecule has 0 bridgehead atoms. The Kier molecular flexibility index (Phi) is 17.7. The summed E-state index contributed by atoms with van der Waals surface area (Å²) in [5.41, 5.74) is 1.31. The van der Waals surface area contributed by atoms with E-state index in [2.05, 4.69) is 71.2 Å². The van der Waals surface area contributed by atoms with Gasteiger partial charge in [-0.15, -0.1) is 24.8 Å². The minimum atomic E-state index is -0.981. The molecule has 14 heteroatoms. The van der Waals surface area contributed by atoms with Crippen LogP contribution in [0.1, 0.15) is 12.8 Å². The number of hydrogen-bond donors (Lipinski definition) is 2. The van der Waals surface area contributed by atoms with Gasteiger partial charge in [-0.2, -0.15) is 0 Å². The largest absolute Gasteiger partial charge is 0.497 e. The summed E-state index contributed by atoms with van der Waals surface area (Å²) in [7, 11) is 1.79. The predicted octanol–water partition coefficient (Wildman–Crippen LogP) is 7.87. The molecule has 1 aliphatic heterocycles. The first-order valence-corrected chi connectivity index (χ1v) is 20.7. The van der Waals surface area contributed by atoms with Crippen molar-refractivity contribution in [1.29, 1.82) is 0 Å². The first-order chi connectivity index (χ1) is 17.8. The molecule has 0 unspecified atom stereocenters. The minimum absolute atomic E-state index is 0. The number of nitrogens with one attached hydrogen (secondary N) is 2. The number of likely N-dealkylation sites (tertiary alicyclic amines) is 1. The van der Waals surface area contributed by atoms with E-state index in [9.17, 15) is 0 Å². The van der Waals surface area contributed by atoms with Crippen LogP contribution in [0.25, 0.3) is 10.9 Å². The summed E-state index contributed by atoms with van der Waals surface area (Å²) in [6.45, 7) is 16.1. The summed E-state index contributed by atoms with van der Waals surface area (Å²) in [6, 6.07) is 9.09. The van der Waals surface area contributed by atoms with Gasteiger partial charge in [0, 0.05) is 54.8 Å². The molecule has 2 aromatic carbocycles. The number of nitrogens with zero attached hydrogens (tertiary/aromatic N) is 3. The van der Waals surface area contributed by atoms with E-state index in [0.29, 0.717) is 38.6 Å². The Bertz CT molecular complexity index is 1210. The van der Waals surface area contributed by atoms with Gasteiger partial charge in [0.2, 0.25) is 0 Å². The fourth-order valence-electron chi connectivity index (χ4n) is 4.58. The van der Waals surface area contributed by atoms with Crippen molar-refractivity contribution in [3.8, 4) is 11.5 Å². The average Bonchev–Trinajstić information content (AvgIpc) is 2.81. The Morgan fingerprint density at radius 3 is 1.98 bits per heavy atom. The molecular formula is C27H43Cl4N5NaO2Si2. The second-order valence-corrected chi connectivity index (χ2v) is 22.5. The van der Waals surface area contributed by atoms with Crippen molar-refractivity contribution in [2.75, 3.05) is 32.6 Å². The molecule has 0 atom stereocenters. The van der Waals surface area contributed by atoms with Crippen LogP contribution in [0.5, 0.6) is 11.5 Å². The van der Waals surface area contributed by atoms with Gasteiger partial charge in [0.15, 0.2) is 0 Å². The van der Waals surface area contributed by atoms with Gasteiger partial charge in [-0.3, -0.25) is 0 Å². The SMILES string of the molecule is COc1cc(OC2CCN(C)CC2)c2c(Nc3c(Cl)cccc3Cl)ncnc2c1.C[Si](C)(C)N[Si](C)(C)C.Cl.Cl.[Na]. The summed E-state index contributed by atoms with van der Waals surface area (Å²) >= 11 is 12.7. The van der Waals surface area contributed by atoms with E-state index >= 15 is 0 Å². The van der Waals surface area contributed by atoms with Crippen LogP contribution >= 0.6 is 48.0 Å². The summed E-state index contributed by atoms with van der Waals surface area (Å²) in [6.07, 6.45) is 3.54. The summed E-state index contributed by atoms with van der Waals surface area (Å²) in [4.78, 5) is 11.2. The van der Waals surface area contributed by atoms with Crippen LogP contribution in [0.3, 0.4) is 0 Å². The minimum Gasteiger partial charge on any atom is -0.497 e. The topological polar surface area (TPSA) is 71.5 Å². The van der Waals surface area contributed by atoms with E-state index in [1.807, 2.05) is 12.1 Å². The van der Waals surface area contributed by atoms with Gasteiger partial charge in [-0.25, -0.2) is 9.97 Å². The Labute approximate surface area is 292 Å². The number of halogens is 4. The number of hydrogen-bond acceptors (Lipinski definition) is 7. The number of ether oxygens (including phenoxy) is 2. The zero-order chi connectivity index (χ0) is 28.1. The molecule has 1 aliphatic rings. The third-order valence-corrected chi connectivity index (χ3v) is 12.5. The Morgan fingerprint density at radius 1 is 0.927 bits per heavy atom. The molecule has 41 heavy (non-hydrogen) atoms. The maximum absolute atomic E-state index is 6.41. The van der Waals surface area contributed by atoms with Crippen molar-refractivity contribution in [1.82, 2.24) is 19.5 Å². The number of para-hydroxylation sites is 1. The third-order valence-electron chi connectivity index (χ3n) is 5.83. The van der Waals surface area contributed by atoms with Crippen molar-refractivity contribution in [2.45, 2.75) is 58.2 Å². The van der Waals surface area contributed by atoms with E-state index in [1.165, 1.54) is 6.33 Å². The smallest absolute Gasteiger partial charge is 0.145 e. The first-order valence-electron chi connectivity index (χ1n) is 12.9. The summed E-state index contributed by atoms with van der Waals surface area (Å²) < 4.78 is 15.6. The molecule has 1 aromatic heterocycles. The zero-order valence-corrected chi connectivity index (χ0v) is 32.7. The number of piperidine rings is 1. The Balaban J connectivity index is 0.00000117. The summed E-state index contributed by atoms with van der Waals surface area (Å²) in [5, 5.41) is 5.05. The van der Waals surface area contributed by atoms with Gasteiger partial charge in [-0.05, 0) is 32.0 Å². The number of anilines is 2. The van der Waals surface area contributed by atoms with Crippen LogP contribution in [0.2, 0.25) is 49.3 Å². The second kappa shape index (κ2) is 17.9. The van der Waals surface area contributed by atoms with Crippen molar-refractivity contribution in [2.24, 2.45) is 0 Å². The van der Waals surface area contributed by atoms with Gasteiger partial charge >= 0.3 is 0 Å². The molecule has 4 rings (SSSR count). The van der Waals surface area contributed by atoms with E-state index in [4.69, 9.17) is 32.7 Å². The third kappa shape index (κ3) is 13.1. The van der Waals surface area contributed by atoms with Crippen LogP contribution in [0.4, 0.5) is 11.5 Å². The molecule has 0 amide bonds. The number of aromatic nitrogens is 2. The monoisotopic (exact) mass is 688 g/mol. The van der Waals surface area contributed by atoms with Crippen molar-refractivity contribution in [3.05, 3.63) is 46.7 Å². The molecule has 3 aromatic rings. The second-order valence-electron chi connectivity index (χ2n) is 11.7. The molecule has 1 saturated heterocycles. The van der Waals surface area contributed by atoms with Gasteiger partial charge in [0.25, 0.3) is 0 Å². The standard InChI is InChI=1S/C21H22Cl2N4O2.C6H19NSi2.2ClH.Na/c1-27-8-6-13(7-9-27)29-18-11-14(28-2)10-17-19(18)21(25-12-24-17)26-20-15(22)4-3-5-16(20)23;1-8(2,3)7-9(4,5)6;;;/h3-5,10-13H,6-9H2,1-2H3,(H,24,25,26);7H,1-6H3;2*1H;. The number of fused-ring (bicyclic) bond motifs is 1. The molecule has 0 spiro atoms. The van der Waals surface area contributed by atoms with Crippen molar-refractivity contribution < 1.29 is 9.47 Å².